The Balaban J connectivity index is 1.56. The van der Waals surface area contributed by atoms with Gasteiger partial charge in [0.25, 0.3) is 11.8 Å². The molecule has 8 nitrogen and oxygen atoms in total. The van der Waals surface area contributed by atoms with Crippen LogP contribution in [0.3, 0.4) is 0 Å². The maximum absolute atomic E-state index is 13.1. The molecule has 2 amide bonds. The van der Waals surface area contributed by atoms with Crippen LogP contribution in [0, 0.1) is 23.7 Å². The summed E-state index contributed by atoms with van der Waals surface area (Å²) >= 11 is 6.37. The number of para-hydroxylation sites is 1. The minimum absolute atomic E-state index is 0.238. The highest BCUT2D eigenvalue weighted by Gasteiger charge is 2.41. The number of nitrogens with zero attached hydrogens (tertiary/aromatic N) is 2. The van der Waals surface area contributed by atoms with Gasteiger partial charge in [0.05, 0.1) is 42.9 Å². The number of benzene rings is 1. The molecule has 3 N–H and O–H groups in total. The number of aromatic nitrogens is 1. The lowest BCUT2D eigenvalue weighted by Gasteiger charge is -2.26. The molecule has 3 aliphatic heterocycles. The summed E-state index contributed by atoms with van der Waals surface area (Å²) in [5.41, 5.74) is 2.80. The second-order valence-electron chi connectivity index (χ2n) is 9.06. The topological polar surface area (TPSA) is 95.6 Å². The Morgan fingerprint density at radius 1 is 1.37 bits per heavy atom. The van der Waals surface area contributed by atoms with Gasteiger partial charge >= 0.3 is 0 Å². The first-order valence-electron chi connectivity index (χ1n) is 12.9. The maximum Gasteiger partial charge on any atom is 0.299 e. The third-order valence-electron chi connectivity index (χ3n) is 6.79. The van der Waals surface area contributed by atoms with Crippen molar-refractivity contribution in [3.05, 3.63) is 64.1 Å². The van der Waals surface area contributed by atoms with Crippen LogP contribution in [0.4, 0.5) is 5.69 Å². The number of methoxy groups -OCH3 is 1. The number of likely N-dealkylation sites (tertiary alicyclic amines) is 1. The number of anilines is 1. The summed E-state index contributed by atoms with van der Waals surface area (Å²) in [4.78, 5) is 31.4. The van der Waals surface area contributed by atoms with Crippen LogP contribution in [0.5, 0.6) is 5.75 Å². The summed E-state index contributed by atoms with van der Waals surface area (Å²) in [5, 5.41) is 9.99. The first-order chi connectivity index (χ1) is 18.9. The van der Waals surface area contributed by atoms with Crippen molar-refractivity contribution < 1.29 is 15.7 Å². The van der Waals surface area contributed by atoms with Crippen LogP contribution >= 0.6 is 11.6 Å². The van der Waals surface area contributed by atoms with Gasteiger partial charge in [0.15, 0.2) is 5.75 Å². The molecule has 0 bridgehead atoms. The Morgan fingerprint density at radius 2 is 2.24 bits per heavy atom. The number of rotatable bonds is 4. The molecule has 1 aromatic carbocycles. The summed E-state index contributed by atoms with van der Waals surface area (Å²) < 4.78 is 15.3. The van der Waals surface area contributed by atoms with Crippen molar-refractivity contribution in [2.45, 2.75) is 44.3 Å². The molecule has 3 atom stereocenters. The number of hydrogen-bond acceptors (Lipinski definition) is 6. The van der Waals surface area contributed by atoms with Crippen LogP contribution in [-0.4, -0.2) is 54.0 Å². The largest absolute Gasteiger partial charge is 0.493 e. The highest BCUT2D eigenvalue weighted by atomic mass is 35.5. The quantitative estimate of drug-likeness (QED) is 0.526. The van der Waals surface area contributed by atoms with Crippen molar-refractivity contribution in [1.82, 2.24) is 20.5 Å². The SMILES string of the molecule is [2H]C1(c2ccncc2C#C[C@H]2CCCN2C(=O)C#CC)NC2=C(C(=O)NCC2)C1Nc1cccc(Cl)c1OC. The average molecular weight is 531 g/mol. The minimum Gasteiger partial charge on any atom is -0.493 e. The summed E-state index contributed by atoms with van der Waals surface area (Å²) in [7, 11) is 1.52. The highest BCUT2D eigenvalue weighted by molar-refractivity contribution is 6.32. The molecule has 2 unspecified atom stereocenters. The van der Waals surface area contributed by atoms with Crippen molar-refractivity contribution in [3.8, 4) is 29.4 Å². The fourth-order valence-electron chi connectivity index (χ4n) is 5.06. The van der Waals surface area contributed by atoms with Gasteiger partial charge in [-0.1, -0.05) is 35.4 Å². The van der Waals surface area contributed by atoms with Gasteiger partial charge in [0.1, 0.15) is 0 Å². The van der Waals surface area contributed by atoms with Crippen LogP contribution < -0.4 is 20.7 Å². The smallest absolute Gasteiger partial charge is 0.299 e. The minimum atomic E-state index is -1.51. The maximum atomic E-state index is 13.1. The third-order valence-corrected chi connectivity index (χ3v) is 7.09. The van der Waals surface area contributed by atoms with E-state index in [9.17, 15) is 11.0 Å². The van der Waals surface area contributed by atoms with Gasteiger partial charge in [-0.25, -0.2) is 0 Å². The number of pyridine rings is 1. The van der Waals surface area contributed by atoms with Gasteiger partial charge in [-0.2, -0.15) is 0 Å². The molecule has 1 fully saturated rings. The van der Waals surface area contributed by atoms with Crippen LogP contribution in [0.1, 0.15) is 44.7 Å². The number of halogens is 1. The van der Waals surface area contributed by atoms with E-state index in [1.165, 1.54) is 7.11 Å². The standard InChI is InChI=1S/C29H28ClN5O3/c1-3-6-24(36)35-16-5-7-19(35)11-10-18-17-31-14-12-20(18)26-27(25-22(33-26)13-15-32-29(25)37)34-23-9-4-8-21(30)28(23)38-2/h4,8-9,12,14,17,19,26-27,33-34H,5,7,13,15-16H2,1-2H3,(H,32,37)/t19-,26?,27?/m1/s1/i26D. The van der Waals surface area contributed by atoms with Crippen molar-refractivity contribution >= 4 is 29.1 Å². The molecule has 0 spiro atoms. The normalized spacial score (nSPS) is 24.1. The lowest BCUT2D eigenvalue weighted by atomic mass is 9.92. The van der Waals surface area contributed by atoms with E-state index in [4.69, 9.17) is 16.3 Å². The van der Waals surface area contributed by atoms with Crippen LogP contribution in [-0.2, 0) is 9.59 Å². The lowest BCUT2D eigenvalue weighted by Crippen LogP contribution is -2.38. The fraction of sp³-hybridized carbons (Fsp3) is 0.345. The molecule has 0 saturated carbocycles. The monoisotopic (exact) mass is 530 g/mol. The second kappa shape index (κ2) is 11.1. The molecule has 4 heterocycles. The Labute approximate surface area is 228 Å². The first kappa shape index (κ1) is 24.2. The zero-order valence-corrected chi connectivity index (χ0v) is 21.9. The average Bonchev–Trinajstić information content (AvgIpc) is 3.51. The van der Waals surface area contributed by atoms with Gasteiger partial charge in [0.2, 0.25) is 0 Å². The molecule has 38 heavy (non-hydrogen) atoms. The zero-order chi connectivity index (χ0) is 27.6. The van der Waals surface area contributed by atoms with E-state index in [0.717, 1.165) is 12.8 Å². The molecular weight excluding hydrogens is 502 g/mol. The zero-order valence-electron chi connectivity index (χ0n) is 22.2. The van der Waals surface area contributed by atoms with E-state index in [0.29, 0.717) is 58.4 Å². The van der Waals surface area contributed by atoms with Crippen molar-refractivity contribution in [3.63, 3.8) is 0 Å². The molecule has 194 valence electrons. The van der Waals surface area contributed by atoms with E-state index < -0.39 is 12.1 Å². The van der Waals surface area contributed by atoms with E-state index in [1.807, 2.05) is 0 Å². The Bertz CT molecular complexity index is 1490. The molecule has 0 radical (unpaired) electrons. The number of carbonyl (C=O) groups is 2. The van der Waals surface area contributed by atoms with Gasteiger partial charge in [-0.15, -0.1) is 0 Å². The fourth-order valence-corrected chi connectivity index (χ4v) is 5.32. The summed E-state index contributed by atoms with van der Waals surface area (Å²) in [6, 6.07) is 4.44. The molecule has 5 rings (SSSR count). The van der Waals surface area contributed by atoms with E-state index >= 15 is 0 Å². The molecule has 0 aliphatic carbocycles. The summed E-state index contributed by atoms with van der Waals surface area (Å²) in [6.45, 7) is 2.72. The first-order valence-corrected chi connectivity index (χ1v) is 12.8. The predicted octanol–water partition coefficient (Wildman–Crippen LogP) is 3.01. The van der Waals surface area contributed by atoms with Crippen LogP contribution in [0.25, 0.3) is 0 Å². The Kier molecular flexibility index (Phi) is 7.06. The van der Waals surface area contributed by atoms with Crippen molar-refractivity contribution in [1.29, 1.82) is 0 Å². The Hall–Kier alpha value is -4.14. The van der Waals surface area contributed by atoms with Crippen molar-refractivity contribution in [2.24, 2.45) is 0 Å². The molecule has 9 heteroatoms. The molecule has 1 aromatic heterocycles. The summed E-state index contributed by atoms with van der Waals surface area (Å²) in [6.07, 6.45) is 5.38. The number of nitrogens with one attached hydrogen (secondary N) is 3. The van der Waals surface area contributed by atoms with Crippen LogP contribution in [0.2, 0.25) is 5.02 Å². The molecular formula is C29H28ClN5O3. The number of hydrogen-bond donors (Lipinski definition) is 3. The van der Waals surface area contributed by atoms with Crippen LogP contribution in [0.15, 0.2) is 47.9 Å². The van der Waals surface area contributed by atoms with Gasteiger partial charge in [-0.05, 0) is 49.4 Å². The molecule has 1 saturated heterocycles. The number of carbonyl (C=O) groups excluding carboxylic acids is 2. The highest BCUT2D eigenvalue weighted by Crippen LogP contribution is 2.40. The second-order valence-corrected chi connectivity index (χ2v) is 9.46. The molecule has 3 aliphatic rings. The third kappa shape index (κ3) is 4.88. The van der Waals surface area contributed by atoms with Gasteiger partial charge < -0.3 is 25.6 Å². The lowest BCUT2D eigenvalue weighted by molar-refractivity contribution is -0.125. The van der Waals surface area contributed by atoms with Gasteiger partial charge in [-0.3, -0.25) is 14.6 Å². The van der Waals surface area contributed by atoms with E-state index in [1.54, 1.807) is 48.5 Å². The predicted molar refractivity (Wildman–Crippen MR) is 145 cm³/mol. The molecule has 2 aromatic rings. The summed E-state index contributed by atoms with van der Waals surface area (Å²) in [5.74, 6) is 11.6. The van der Waals surface area contributed by atoms with Crippen molar-refractivity contribution in [2.75, 3.05) is 25.5 Å². The Morgan fingerprint density at radius 3 is 3.05 bits per heavy atom. The van der Waals surface area contributed by atoms with Gasteiger partial charge in [0, 0.05) is 43.2 Å². The van der Waals surface area contributed by atoms with E-state index in [-0.39, 0.29) is 17.9 Å². The van der Waals surface area contributed by atoms with E-state index in [2.05, 4.69) is 44.6 Å². The number of amides is 2. The number of ether oxygens (including phenoxy) is 1.